The van der Waals surface area contributed by atoms with E-state index in [0.717, 1.165) is 13.5 Å². The van der Waals surface area contributed by atoms with Gasteiger partial charge in [-0.25, -0.2) is 0 Å². The van der Waals surface area contributed by atoms with E-state index in [1.165, 1.54) is 0 Å². The van der Waals surface area contributed by atoms with E-state index in [9.17, 15) is 53.5 Å². The molecular weight excluding hydrogens is 871 g/mol. The summed E-state index contributed by atoms with van der Waals surface area (Å²) in [6.07, 6.45) is 4.43. The van der Waals surface area contributed by atoms with E-state index in [1.807, 2.05) is 20.8 Å². The number of hydrogen-bond donors (Lipinski definition) is 2. The summed E-state index contributed by atoms with van der Waals surface area (Å²) in [4.78, 5) is 127. The lowest BCUT2D eigenvalue weighted by atomic mass is 9.43. The number of fused-ring (bicyclic) bond motifs is 10. The van der Waals surface area contributed by atoms with Crippen molar-refractivity contribution < 1.29 is 77.1 Å². The Labute approximate surface area is 391 Å². The molecule has 17 nitrogen and oxygen atoms in total. The van der Waals surface area contributed by atoms with Gasteiger partial charge in [-0.15, -0.1) is 0 Å². The topological polar surface area (TPSA) is 243 Å². The number of carbonyl (C=O) groups excluding carboxylic acids is 8. The van der Waals surface area contributed by atoms with E-state index in [4.69, 9.17) is 23.7 Å². The number of ether oxygens (including phenoxy) is 5. The molecule has 67 heavy (non-hydrogen) atoms. The first-order chi connectivity index (χ1) is 31.7. The summed E-state index contributed by atoms with van der Waals surface area (Å²) in [5, 5.41) is 21.8. The number of hydroxylamine groups is 2. The maximum absolute atomic E-state index is 14.9. The molecule has 17 heteroatoms. The SMILES string of the molecule is CCCCOC(=O)C(C)C(C(=O)OCCCC)C1C2CCC(C(C(=O)O)C2C(=O)OC)C1C1C(=O)OC(=O)C1C1C2CC(CC2C(=O)OC(C)(C)C)C1C1C(C)C2CC1C1C(=O)N(O)C(=O)C21. The second-order valence-electron chi connectivity index (χ2n) is 22.4. The maximum atomic E-state index is 14.9. The van der Waals surface area contributed by atoms with Crippen molar-refractivity contribution in [1.29, 1.82) is 0 Å². The number of hydrogen-bond acceptors (Lipinski definition) is 15. The van der Waals surface area contributed by atoms with E-state index in [0.29, 0.717) is 38.5 Å². The predicted octanol–water partition coefficient (Wildman–Crippen LogP) is 5.13. The minimum Gasteiger partial charge on any atom is -0.481 e. The van der Waals surface area contributed by atoms with Gasteiger partial charge in [0.2, 0.25) is 0 Å². The van der Waals surface area contributed by atoms with Crippen LogP contribution in [0.3, 0.4) is 0 Å². The molecule has 2 aliphatic heterocycles. The van der Waals surface area contributed by atoms with E-state index in [2.05, 4.69) is 0 Å². The molecule has 2 N–H and O–H groups in total. The summed E-state index contributed by atoms with van der Waals surface area (Å²) in [5.74, 6) is -23.7. The number of amides is 2. The molecule has 21 atom stereocenters. The quantitative estimate of drug-likeness (QED) is 0.0509. The molecule has 9 aliphatic rings. The standard InChI is InChI=1S/C50H69NO16/c1-9-11-15-64-44(56)21(4)30(47(59)65-16-12-10-2)32-24-14-13-23(37(43(54)55)38(24)46(58)63-8)33(32)39-40(49(61)66-48(39)60)34-26-17-22(18-27(26)45(57)67-50(5,6)7)31(34)29-20(3)25-19-28(29)36-35(25)41(52)51(62)42(36)53/h20-40,62H,9-19H2,1-8H3,(H,54,55). The third-order valence-electron chi connectivity index (χ3n) is 18.3. The molecule has 2 heterocycles. The normalized spacial score (nSPS) is 41.3. The number of nitrogens with zero attached hydrogens (tertiary/aromatic N) is 1. The predicted molar refractivity (Wildman–Crippen MR) is 230 cm³/mol. The van der Waals surface area contributed by atoms with Crippen molar-refractivity contribution in [3.63, 3.8) is 0 Å². The Kier molecular flexibility index (Phi) is 13.5. The first kappa shape index (κ1) is 49.0. The summed E-state index contributed by atoms with van der Waals surface area (Å²) in [5.41, 5.74) is -0.843. The summed E-state index contributed by atoms with van der Waals surface area (Å²) < 4.78 is 28.6. The smallest absolute Gasteiger partial charge is 0.317 e. The van der Waals surface area contributed by atoms with Crippen LogP contribution in [0, 0.1) is 124 Å². The average molecular weight is 940 g/mol. The van der Waals surface area contributed by atoms with Gasteiger partial charge in [-0.3, -0.25) is 48.4 Å². The van der Waals surface area contributed by atoms with Crippen LogP contribution in [0.4, 0.5) is 0 Å². The zero-order chi connectivity index (χ0) is 48.7. The highest BCUT2D eigenvalue weighted by Gasteiger charge is 2.74. The number of unbranched alkanes of at least 4 members (excludes halogenated alkanes) is 2. The number of esters is 6. The molecule has 7 aliphatic carbocycles. The van der Waals surface area contributed by atoms with Crippen molar-refractivity contribution in [1.82, 2.24) is 5.06 Å². The van der Waals surface area contributed by atoms with Crippen LogP contribution >= 0.6 is 0 Å². The van der Waals surface area contributed by atoms with Crippen molar-refractivity contribution in [3.8, 4) is 0 Å². The van der Waals surface area contributed by atoms with Crippen molar-refractivity contribution >= 4 is 53.6 Å². The van der Waals surface area contributed by atoms with E-state index in [1.54, 1.807) is 27.7 Å². The number of carboxylic acids is 1. The Bertz CT molecular complexity index is 2050. The number of imide groups is 1. The largest absolute Gasteiger partial charge is 0.481 e. The maximum Gasteiger partial charge on any atom is 0.317 e. The van der Waals surface area contributed by atoms with Crippen LogP contribution in [0.2, 0.25) is 0 Å². The van der Waals surface area contributed by atoms with Gasteiger partial charge in [0.25, 0.3) is 11.8 Å². The summed E-state index contributed by atoms with van der Waals surface area (Å²) in [6, 6.07) is 0. The molecule has 2 amide bonds. The number of aliphatic carboxylic acids is 1. The molecule has 2 saturated heterocycles. The molecule has 0 aromatic heterocycles. The van der Waals surface area contributed by atoms with Gasteiger partial charge in [0.15, 0.2) is 0 Å². The number of methoxy groups -OCH3 is 1. The van der Waals surface area contributed by atoms with Crippen LogP contribution in [0.15, 0.2) is 0 Å². The Morgan fingerprint density at radius 2 is 1.30 bits per heavy atom. The minimum absolute atomic E-state index is 0.0181. The molecule has 6 bridgehead atoms. The highest BCUT2D eigenvalue weighted by Crippen LogP contribution is 2.72. The second-order valence-corrected chi connectivity index (χ2v) is 22.4. The molecule has 0 radical (unpaired) electrons. The van der Waals surface area contributed by atoms with E-state index < -0.39 is 148 Å². The zero-order valence-corrected chi connectivity index (χ0v) is 40.0. The van der Waals surface area contributed by atoms with Gasteiger partial charge in [0.1, 0.15) is 5.60 Å². The van der Waals surface area contributed by atoms with Crippen LogP contribution in [-0.2, 0) is 66.8 Å². The van der Waals surface area contributed by atoms with Crippen molar-refractivity contribution in [2.24, 2.45) is 124 Å². The summed E-state index contributed by atoms with van der Waals surface area (Å²) >= 11 is 0. The summed E-state index contributed by atoms with van der Waals surface area (Å²) in [6.45, 7) is 12.8. The van der Waals surface area contributed by atoms with Crippen molar-refractivity contribution in [2.45, 2.75) is 112 Å². The Balaban J connectivity index is 1.27. The van der Waals surface area contributed by atoms with Crippen LogP contribution in [0.25, 0.3) is 0 Å². The van der Waals surface area contributed by atoms with Crippen molar-refractivity contribution in [3.05, 3.63) is 0 Å². The monoisotopic (exact) mass is 939 g/mol. The zero-order valence-electron chi connectivity index (χ0n) is 40.0. The molecular formula is C50H69NO16. The molecule has 9 rings (SSSR count). The van der Waals surface area contributed by atoms with Gasteiger partial charge in [0, 0.05) is 0 Å². The highest BCUT2D eigenvalue weighted by molar-refractivity contribution is 6.05. The fourth-order valence-electron chi connectivity index (χ4n) is 16.2. The van der Waals surface area contributed by atoms with Gasteiger partial charge in [-0.1, -0.05) is 40.5 Å². The first-order valence-electron chi connectivity index (χ1n) is 24.9. The Morgan fingerprint density at radius 3 is 1.88 bits per heavy atom. The molecule has 0 aromatic rings. The lowest BCUT2D eigenvalue weighted by molar-refractivity contribution is -0.197. The van der Waals surface area contributed by atoms with Crippen LogP contribution in [0.5, 0.6) is 0 Å². The molecule has 0 spiro atoms. The molecule has 0 aromatic carbocycles. The van der Waals surface area contributed by atoms with Gasteiger partial charge >= 0.3 is 41.8 Å². The third kappa shape index (κ3) is 7.98. The highest BCUT2D eigenvalue weighted by atomic mass is 16.6. The summed E-state index contributed by atoms with van der Waals surface area (Å²) in [7, 11) is 1.16. The van der Waals surface area contributed by atoms with Gasteiger partial charge in [-0.05, 0) is 137 Å². The number of carbonyl (C=O) groups is 9. The fourth-order valence-corrected chi connectivity index (χ4v) is 16.2. The Morgan fingerprint density at radius 1 is 0.716 bits per heavy atom. The van der Waals surface area contributed by atoms with Crippen LogP contribution in [-0.4, -0.2) is 94.9 Å². The second kappa shape index (κ2) is 18.5. The van der Waals surface area contributed by atoms with E-state index >= 15 is 0 Å². The number of rotatable bonds is 16. The molecule has 7 saturated carbocycles. The molecule has 9 fully saturated rings. The molecule has 21 unspecified atom stereocenters. The lowest BCUT2D eigenvalue weighted by Gasteiger charge is -2.58. The number of cyclic esters (lactones) is 2. The van der Waals surface area contributed by atoms with Crippen LogP contribution in [0.1, 0.15) is 106 Å². The molecule has 370 valence electrons. The van der Waals surface area contributed by atoms with Gasteiger partial charge in [0.05, 0.1) is 73.6 Å². The average Bonchev–Trinajstić information content (AvgIpc) is 4.12. The van der Waals surface area contributed by atoms with Gasteiger partial charge in [-0.2, -0.15) is 5.06 Å². The van der Waals surface area contributed by atoms with Crippen LogP contribution < -0.4 is 0 Å². The minimum atomic E-state index is -1.39. The Hall–Kier alpha value is -4.41. The lowest BCUT2D eigenvalue weighted by Crippen LogP contribution is -2.62. The van der Waals surface area contributed by atoms with E-state index in [-0.39, 0.29) is 66.6 Å². The first-order valence-corrected chi connectivity index (χ1v) is 24.9. The third-order valence-corrected chi connectivity index (χ3v) is 18.3. The van der Waals surface area contributed by atoms with Gasteiger partial charge < -0.3 is 28.8 Å². The van der Waals surface area contributed by atoms with Crippen molar-refractivity contribution in [2.75, 3.05) is 20.3 Å². The number of carboxylic acid groups (broad SMARTS) is 1. The fraction of sp³-hybridized carbons (Fsp3) is 0.820.